The number of likely N-dealkylation sites (N-methyl/N-ethyl adjacent to an activating group) is 1. The van der Waals surface area contributed by atoms with E-state index in [1.54, 1.807) is 18.2 Å². The SMILES string of the molecule is CCOc1cc(/C=N\NC(=O)C(=O)NC)ccc1OCC(=O)Nc1ccc(CC)cc1. The fourth-order valence-electron chi connectivity index (χ4n) is 2.49. The number of aryl methyl sites for hydroxylation is 1. The van der Waals surface area contributed by atoms with Crippen molar-refractivity contribution in [2.24, 2.45) is 5.10 Å². The molecule has 0 atom stereocenters. The Labute approximate surface area is 180 Å². The summed E-state index contributed by atoms with van der Waals surface area (Å²) in [6, 6.07) is 12.6. The van der Waals surface area contributed by atoms with Gasteiger partial charge in [0.15, 0.2) is 18.1 Å². The molecule has 0 aliphatic rings. The van der Waals surface area contributed by atoms with Gasteiger partial charge in [0.1, 0.15) is 0 Å². The Hall–Kier alpha value is -3.88. The molecule has 0 fully saturated rings. The molecule has 3 N–H and O–H groups in total. The molecule has 2 rings (SSSR count). The average Bonchev–Trinajstić information content (AvgIpc) is 2.78. The van der Waals surface area contributed by atoms with E-state index in [4.69, 9.17) is 9.47 Å². The van der Waals surface area contributed by atoms with Crippen LogP contribution in [0.15, 0.2) is 47.6 Å². The van der Waals surface area contributed by atoms with Gasteiger partial charge in [-0.25, -0.2) is 5.43 Å². The molecule has 9 nitrogen and oxygen atoms in total. The number of ether oxygens (including phenoxy) is 2. The second kappa shape index (κ2) is 12.0. The van der Waals surface area contributed by atoms with E-state index in [2.05, 4.69) is 28.1 Å². The third-order valence-electron chi connectivity index (χ3n) is 4.09. The van der Waals surface area contributed by atoms with Gasteiger partial charge in [0.05, 0.1) is 12.8 Å². The van der Waals surface area contributed by atoms with E-state index in [1.165, 1.54) is 18.8 Å². The summed E-state index contributed by atoms with van der Waals surface area (Å²) in [7, 11) is 1.35. The first-order valence-electron chi connectivity index (χ1n) is 9.80. The van der Waals surface area contributed by atoms with Crippen LogP contribution in [-0.4, -0.2) is 44.2 Å². The number of amides is 3. The Morgan fingerprint density at radius 1 is 0.968 bits per heavy atom. The Balaban J connectivity index is 1.97. The number of anilines is 1. The molecule has 0 spiro atoms. The number of carbonyl (C=O) groups is 3. The largest absolute Gasteiger partial charge is 0.490 e. The summed E-state index contributed by atoms with van der Waals surface area (Å²) in [5.41, 5.74) is 4.60. The number of hydrogen-bond acceptors (Lipinski definition) is 6. The highest BCUT2D eigenvalue weighted by atomic mass is 16.5. The highest BCUT2D eigenvalue weighted by molar-refractivity contribution is 6.35. The van der Waals surface area contributed by atoms with Crippen LogP contribution in [0.2, 0.25) is 0 Å². The van der Waals surface area contributed by atoms with Gasteiger partial charge in [-0.3, -0.25) is 14.4 Å². The van der Waals surface area contributed by atoms with Gasteiger partial charge >= 0.3 is 11.8 Å². The smallest absolute Gasteiger partial charge is 0.329 e. The van der Waals surface area contributed by atoms with Crippen LogP contribution in [0.25, 0.3) is 0 Å². The molecular formula is C22H26N4O5. The first-order valence-corrected chi connectivity index (χ1v) is 9.80. The zero-order valence-electron chi connectivity index (χ0n) is 17.7. The molecule has 3 amide bonds. The van der Waals surface area contributed by atoms with E-state index in [9.17, 15) is 14.4 Å². The van der Waals surface area contributed by atoms with Crippen molar-refractivity contribution in [3.8, 4) is 11.5 Å². The number of benzene rings is 2. The molecule has 0 saturated carbocycles. The lowest BCUT2D eigenvalue weighted by Gasteiger charge is -2.13. The molecule has 0 aromatic heterocycles. The summed E-state index contributed by atoms with van der Waals surface area (Å²) in [5.74, 6) is -1.15. The molecule has 0 radical (unpaired) electrons. The third-order valence-corrected chi connectivity index (χ3v) is 4.09. The molecular weight excluding hydrogens is 400 g/mol. The summed E-state index contributed by atoms with van der Waals surface area (Å²) in [6.07, 6.45) is 2.29. The van der Waals surface area contributed by atoms with Gasteiger partial charge in [0.25, 0.3) is 5.91 Å². The minimum atomic E-state index is -0.876. The minimum Gasteiger partial charge on any atom is -0.490 e. The maximum atomic E-state index is 12.2. The second-order valence-corrected chi connectivity index (χ2v) is 6.30. The van der Waals surface area contributed by atoms with Crippen molar-refractivity contribution in [1.29, 1.82) is 0 Å². The highest BCUT2D eigenvalue weighted by Gasteiger charge is 2.11. The molecule has 0 aliphatic heterocycles. The summed E-state index contributed by atoms with van der Waals surface area (Å²) in [5, 5.41) is 8.70. The monoisotopic (exact) mass is 426 g/mol. The highest BCUT2D eigenvalue weighted by Crippen LogP contribution is 2.28. The second-order valence-electron chi connectivity index (χ2n) is 6.30. The normalized spacial score (nSPS) is 10.4. The van der Waals surface area contributed by atoms with Gasteiger partial charge in [-0.1, -0.05) is 19.1 Å². The molecule has 2 aromatic carbocycles. The van der Waals surface area contributed by atoms with Crippen molar-refractivity contribution in [3.05, 3.63) is 53.6 Å². The lowest BCUT2D eigenvalue weighted by Crippen LogP contribution is -2.35. The molecule has 164 valence electrons. The van der Waals surface area contributed by atoms with E-state index in [-0.39, 0.29) is 12.5 Å². The van der Waals surface area contributed by atoms with E-state index < -0.39 is 11.8 Å². The summed E-state index contributed by atoms with van der Waals surface area (Å²) >= 11 is 0. The predicted molar refractivity (Wildman–Crippen MR) is 117 cm³/mol. The molecule has 31 heavy (non-hydrogen) atoms. The van der Waals surface area contributed by atoms with Crippen molar-refractivity contribution >= 4 is 29.6 Å². The molecule has 0 aliphatic carbocycles. The zero-order valence-corrected chi connectivity index (χ0v) is 17.7. The van der Waals surface area contributed by atoms with E-state index >= 15 is 0 Å². The predicted octanol–water partition coefficient (Wildman–Crippen LogP) is 1.86. The lowest BCUT2D eigenvalue weighted by molar-refractivity contribution is -0.138. The van der Waals surface area contributed by atoms with Crippen LogP contribution in [0.1, 0.15) is 25.0 Å². The lowest BCUT2D eigenvalue weighted by atomic mass is 10.1. The van der Waals surface area contributed by atoms with Gasteiger partial charge in [-0.15, -0.1) is 0 Å². The number of hydrogen-bond donors (Lipinski definition) is 3. The van der Waals surface area contributed by atoms with Gasteiger partial charge in [0.2, 0.25) is 0 Å². The fourth-order valence-corrected chi connectivity index (χ4v) is 2.49. The topological polar surface area (TPSA) is 118 Å². The van der Waals surface area contributed by atoms with E-state index in [0.29, 0.717) is 29.4 Å². The summed E-state index contributed by atoms with van der Waals surface area (Å²) < 4.78 is 11.2. The summed E-state index contributed by atoms with van der Waals surface area (Å²) in [6.45, 7) is 4.09. The number of rotatable bonds is 9. The van der Waals surface area contributed by atoms with Crippen LogP contribution < -0.4 is 25.5 Å². The molecule has 0 heterocycles. The van der Waals surface area contributed by atoms with Crippen LogP contribution in [0.4, 0.5) is 5.69 Å². The van der Waals surface area contributed by atoms with E-state index in [1.807, 2.05) is 31.2 Å². The van der Waals surface area contributed by atoms with Crippen molar-refractivity contribution < 1.29 is 23.9 Å². The van der Waals surface area contributed by atoms with E-state index in [0.717, 1.165) is 6.42 Å². The standard InChI is InChI=1S/C22H26N4O5/c1-4-15-6-9-17(10-7-15)25-20(27)14-31-18-11-8-16(12-19(18)30-5-2)13-24-26-22(29)21(28)23-3/h6-13H,4-5,14H2,1-3H3,(H,23,28)(H,25,27)(H,26,29)/b24-13-. The first kappa shape index (κ1) is 23.4. The van der Waals surface area contributed by atoms with Crippen LogP contribution in [0.3, 0.4) is 0 Å². The molecule has 9 heteroatoms. The van der Waals surface area contributed by atoms with Gasteiger partial charge in [-0.05, 0) is 54.8 Å². The molecule has 0 saturated heterocycles. The molecule has 0 unspecified atom stereocenters. The Kier molecular flexibility index (Phi) is 9.03. The quantitative estimate of drug-likeness (QED) is 0.321. The van der Waals surface area contributed by atoms with Gasteiger partial charge < -0.3 is 20.1 Å². The number of hydrazone groups is 1. The third kappa shape index (κ3) is 7.46. The van der Waals surface area contributed by atoms with Crippen LogP contribution in [0.5, 0.6) is 11.5 Å². The van der Waals surface area contributed by atoms with Crippen LogP contribution in [0, 0.1) is 0 Å². The summed E-state index contributed by atoms with van der Waals surface area (Å²) in [4.78, 5) is 34.7. The maximum absolute atomic E-state index is 12.2. The molecule has 2 aromatic rings. The average molecular weight is 426 g/mol. The molecule has 0 bridgehead atoms. The van der Waals surface area contributed by atoms with Crippen molar-refractivity contribution in [2.45, 2.75) is 20.3 Å². The number of carbonyl (C=O) groups excluding carboxylic acids is 3. The van der Waals surface area contributed by atoms with Gasteiger partial charge in [-0.2, -0.15) is 5.10 Å². The Morgan fingerprint density at radius 2 is 1.71 bits per heavy atom. The van der Waals surface area contributed by atoms with Crippen molar-refractivity contribution in [1.82, 2.24) is 10.7 Å². The first-order chi connectivity index (χ1) is 15.0. The van der Waals surface area contributed by atoms with Crippen molar-refractivity contribution in [3.63, 3.8) is 0 Å². The minimum absolute atomic E-state index is 0.189. The number of nitrogens with zero attached hydrogens (tertiary/aromatic N) is 1. The van der Waals surface area contributed by atoms with Crippen LogP contribution in [-0.2, 0) is 20.8 Å². The number of nitrogens with one attached hydrogen (secondary N) is 3. The Bertz CT molecular complexity index is 941. The Morgan fingerprint density at radius 3 is 2.35 bits per heavy atom. The van der Waals surface area contributed by atoms with Crippen molar-refractivity contribution in [2.75, 3.05) is 25.6 Å². The van der Waals surface area contributed by atoms with Gasteiger partial charge in [0, 0.05) is 12.7 Å². The fraction of sp³-hybridized carbons (Fsp3) is 0.273. The van der Waals surface area contributed by atoms with Crippen LogP contribution >= 0.6 is 0 Å². The maximum Gasteiger partial charge on any atom is 0.329 e. The zero-order chi connectivity index (χ0) is 22.6.